The Morgan fingerprint density at radius 3 is 2.24 bits per heavy atom. The molecule has 0 aromatic heterocycles. The average Bonchev–Trinajstić information content (AvgIpc) is 2.88. The molecule has 0 aliphatic rings. The lowest BCUT2D eigenvalue weighted by atomic mass is 10.1. The standard InChI is InChI=1S/C27H30ClN3O5S/c1-6-23(20-9-14-25(35-4)26(16-20)36-5)29-30-27(32)17-31(24-13-10-21(28)15-19(24)3)37(33,34)22-11-7-18(2)8-12-22/h7-16H,6,17H2,1-5H3,(H,30,32)/b29-23-. The third-order valence-electron chi connectivity index (χ3n) is 5.69. The van der Waals surface area contributed by atoms with Gasteiger partial charge in [-0.15, -0.1) is 0 Å². The number of anilines is 1. The van der Waals surface area contributed by atoms with Crippen molar-refractivity contribution in [1.29, 1.82) is 0 Å². The Morgan fingerprint density at radius 1 is 0.973 bits per heavy atom. The summed E-state index contributed by atoms with van der Waals surface area (Å²) in [5, 5.41) is 4.73. The van der Waals surface area contributed by atoms with Gasteiger partial charge < -0.3 is 9.47 Å². The van der Waals surface area contributed by atoms with E-state index in [1.807, 2.05) is 13.8 Å². The number of carbonyl (C=O) groups is 1. The van der Waals surface area contributed by atoms with Gasteiger partial charge in [-0.3, -0.25) is 9.10 Å². The number of ether oxygens (including phenoxy) is 2. The molecule has 3 rings (SSSR count). The topological polar surface area (TPSA) is 97.3 Å². The first-order valence-corrected chi connectivity index (χ1v) is 13.4. The lowest BCUT2D eigenvalue weighted by Gasteiger charge is -2.25. The average molecular weight is 544 g/mol. The second-order valence-electron chi connectivity index (χ2n) is 8.27. The molecule has 0 atom stereocenters. The number of rotatable bonds is 10. The Kier molecular flexibility index (Phi) is 9.18. The van der Waals surface area contributed by atoms with Crippen LogP contribution in [0.3, 0.4) is 0 Å². The minimum atomic E-state index is -4.06. The van der Waals surface area contributed by atoms with Crippen LogP contribution in [0.1, 0.15) is 30.0 Å². The van der Waals surface area contributed by atoms with Crippen LogP contribution in [-0.4, -0.2) is 40.8 Å². The van der Waals surface area contributed by atoms with Gasteiger partial charge in [-0.25, -0.2) is 13.8 Å². The zero-order chi connectivity index (χ0) is 27.2. The molecule has 37 heavy (non-hydrogen) atoms. The van der Waals surface area contributed by atoms with Crippen LogP contribution in [0.2, 0.25) is 5.02 Å². The summed E-state index contributed by atoms with van der Waals surface area (Å²) < 4.78 is 38.9. The smallest absolute Gasteiger partial charge is 0.264 e. The van der Waals surface area contributed by atoms with E-state index in [2.05, 4.69) is 10.5 Å². The summed E-state index contributed by atoms with van der Waals surface area (Å²) in [7, 11) is -0.981. The highest BCUT2D eigenvalue weighted by molar-refractivity contribution is 7.92. The van der Waals surface area contributed by atoms with Crippen molar-refractivity contribution >= 4 is 38.9 Å². The number of halogens is 1. The van der Waals surface area contributed by atoms with Crippen molar-refractivity contribution in [3.05, 3.63) is 82.4 Å². The summed E-state index contributed by atoms with van der Waals surface area (Å²) in [5.74, 6) is 0.499. The van der Waals surface area contributed by atoms with Crippen molar-refractivity contribution in [2.45, 2.75) is 32.1 Å². The van der Waals surface area contributed by atoms with E-state index in [0.717, 1.165) is 15.4 Å². The van der Waals surface area contributed by atoms with E-state index in [0.29, 0.717) is 39.9 Å². The summed E-state index contributed by atoms with van der Waals surface area (Å²) in [6, 6.07) is 16.6. The number of hydrogen-bond acceptors (Lipinski definition) is 6. The number of aryl methyl sites for hydroxylation is 2. The molecule has 1 amide bonds. The molecule has 10 heteroatoms. The predicted molar refractivity (Wildman–Crippen MR) is 146 cm³/mol. The molecule has 0 saturated heterocycles. The van der Waals surface area contributed by atoms with Crippen molar-refractivity contribution in [3.63, 3.8) is 0 Å². The molecule has 0 radical (unpaired) electrons. The first kappa shape index (κ1) is 28.0. The number of hydrogen-bond donors (Lipinski definition) is 1. The minimum absolute atomic E-state index is 0.0725. The van der Waals surface area contributed by atoms with E-state index in [9.17, 15) is 13.2 Å². The molecule has 0 heterocycles. The number of carbonyl (C=O) groups excluding carboxylic acids is 1. The van der Waals surface area contributed by atoms with E-state index >= 15 is 0 Å². The third kappa shape index (κ3) is 6.61. The molecule has 0 aliphatic carbocycles. The van der Waals surface area contributed by atoms with E-state index in [1.54, 1.807) is 62.6 Å². The van der Waals surface area contributed by atoms with Gasteiger partial charge >= 0.3 is 0 Å². The Labute approximate surface area is 222 Å². The van der Waals surface area contributed by atoms with Gasteiger partial charge in [-0.2, -0.15) is 5.10 Å². The van der Waals surface area contributed by atoms with Crippen LogP contribution in [0.15, 0.2) is 70.7 Å². The SMILES string of the molecule is CC/C(=N/NC(=O)CN(c1ccc(Cl)cc1C)S(=O)(=O)c1ccc(C)cc1)c1ccc(OC)c(OC)c1. The van der Waals surface area contributed by atoms with Crippen LogP contribution in [0.5, 0.6) is 11.5 Å². The zero-order valence-electron chi connectivity index (χ0n) is 21.4. The van der Waals surface area contributed by atoms with Gasteiger partial charge in [0, 0.05) is 10.6 Å². The van der Waals surface area contributed by atoms with Gasteiger partial charge in [0.25, 0.3) is 15.9 Å². The second-order valence-corrected chi connectivity index (χ2v) is 10.6. The largest absolute Gasteiger partial charge is 0.493 e. The molecule has 3 aromatic rings. The van der Waals surface area contributed by atoms with Crippen LogP contribution in [0, 0.1) is 13.8 Å². The van der Waals surface area contributed by atoms with Gasteiger partial charge in [0.15, 0.2) is 11.5 Å². The summed E-state index contributed by atoms with van der Waals surface area (Å²) in [6.45, 7) is 5.02. The first-order chi connectivity index (χ1) is 17.6. The van der Waals surface area contributed by atoms with Gasteiger partial charge in [-0.05, 0) is 74.4 Å². The number of nitrogens with zero attached hydrogens (tertiary/aromatic N) is 2. The molecular formula is C27H30ClN3O5S. The Balaban J connectivity index is 1.93. The van der Waals surface area contributed by atoms with E-state index in [1.165, 1.54) is 19.2 Å². The fourth-order valence-corrected chi connectivity index (χ4v) is 5.41. The molecule has 3 aromatic carbocycles. The van der Waals surface area contributed by atoms with Crippen LogP contribution in [0.25, 0.3) is 0 Å². The van der Waals surface area contributed by atoms with Crippen molar-refractivity contribution in [3.8, 4) is 11.5 Å². The van der Waals surface area contributed by atoms with Gasteiger partial charge in [-0.1, -0.05) is 36.2 Å². The molecule has 196 valence electrons. The summed E-state index contributed by atoms with van der Waals surface area (Å²) in [5.41, 5.74) is 5.71. The lowest BCUT2D eigenvalue weighted by Crippen LogP contribution is -2.40. The van der Waals surface area contributed by atoms with E-state index in [4.69, 9.17) is 21.1 Å². The zero-order valence-corrected chi connectivity index (χ0v) is 23.0. The van der Waals surface area contributed by atoms with Crippen LogP contribution in [0.4, 0.5) is 5.69 Å². The summed E-state index contributed by atoms with van der Waals surface area (Å²) in [4.78, 5) is 13.1. The van der Waals surface area contributed by atoms with Crippen LogP contribution >= 0.6 is 11.6 Å². The molecular weight excluding hydrogens is 514 g/mol. The number of methoxy groups -OCH3 is 2. The lowest BCUT2D eigenvalue weighted by molar-refractivity contribution is -0.119. The molecule has 0 bridgehead atoms. The number of sulfonamides is 1. The van der Waals surface area contributed by atoms with Gasteiger partial charge in [0.1, 0.15) is 6.54 Å². The first-order valence-electron chi connectivity index (χ1n) is 11.5. The normalized spacial score (nSPS) is 11.7. The fourth-order valence-electron chi connectivity index (χ4n) is 3.69. The highest BCUT2D eigenvalue weighted by Gasteiger charge is 2.28. The Hall–Kier alpha value is -3.56. The van der Waals surface area contributed by atoms with Crippen molar-refractivity contribution in [1.82, 2.24) is 5.43 Å². The molecule has 0 aliphatic heterocycles. The molecule has 0 spiro atoms. The Morgan fingerprint density at radius 2 is 1.65 bits per heavy atom. The van der Waals surface area contributed by atoms with Gasteiger partial charge in [0.2, 0.25) is 0 Å². The van der Waals surface area contributed by atoms with Crippen molar-refractivity contribution in [2.75, 3.05) is 25.1 Å². The summed E-state index contributed by atoms with van der Waals surface area (Å²) in [6.07, 6.45) is 0.511. The fraction of sp³-hybridized carbons (Fsp3) is 0.259. The van der Waals surface area contributed by atoms with E-state index in [-0.39, 0.29) is 4.90 Å². The van der Waals surface area contributed by atoms with E-state index < -0.39 is 22.5 Å². The summed E-state index contributed by atoms with van der Waals surface area (Å²) >= 11 is 6.09. The second kappa shape index (κ2) is 12.1. The quantitative estimate of drug-likeness (QED) is 0.283. The number of hydrazone groups is 1. The maximum atomic E-state index is 13.6. The molecule has 0 unspecified atom stereocenters. The van der Waals surface area contributed by atoms with Gasteiger partial charge in [0.05, 0.1) is 30.5 Å². The minimum Gasteiger partial charge on any atom is -0.493 e. The molecule has 1 N–H and O–H groups in total. The maximum Gasteiger partial charge on any atom is 0.264 e. The number of amides is 1. The molecule has 8 nitrogen and oxygen atoms in total. The third-order valence-corrected chi connectivity index (χ3v) is 7.70. The highest BCUT2D eigenvalue weighted by atomic mass is 35.5. The van der Waals surface area contributed by atoms with Crippen LogP contribution in [-0.2, 0) is 14.8 Å². The Bertz CT molecular complexity index is 1410. The van der Waals surface area contributed by atoms with Crippen LogP contribution < -0.4 is 19.2 Å². The van der Waals surface area contributed by atoms with Crippen molar-refractivity contribution < 1.29 is 22.7 Å². The highest BCUT2D eigenvalue weighted by Crippen LogP contribution is 2.30. The maximum absolute atomic E-state index is 13.6. The molecule has 0 fully saturated rings. The number of nitrogens with one attached hydrogen (secondary N) is 1. The predicted octanol–water partition coefficient (Wildman–Crippen LogP) is 5.10. The monoisotopic (exact) mass is 543 g/mol. The number of benzene rings is 3. The van der Waals surface area contributed by atoms with Crippen molar-refractivity contribution in [2.24, 2.45) is 5.10 Å². The molecule has 0 saturated carbocycles.